The fourth-order valence-corrected chi connectivity index (χ4v) is 3.39. The van der Waals surface area contributed by atoms with Crippen molar-refractivity contribution in [3.63, 3.8) is 0 Å². The van der Waals surface area contributed by atoms with Crippen molar-refractivity contribution in [2.45, 2.75) is 55.8 Å². The van der Waals surface area contributed by atoms with Crippen LogP contribution in [0.15, 0.2) is 5.16 Å². The first-order valence-electron chi connectivity index (χ1n) is 8.28. The second-order valence-electron chi connectivity index (χ2n) is 6.12. The summed E-state index contributed by atoms with van der Waals surface area (Å²) in [6, 6.07) is 0.102. The van der Waals surface area contributed by atoms with Crippen LogP contribution in [0.4, 0.5) is 17.3 Å². The SMILES string of the molecule is CCCSc1nc(N)c(NN)c(NC2CCC(OC(N)(N)CO)C2)n1. The molecular formula is C14H28N8O2S. The first-order valence-corrected chi connectivity index (χ1v) is 9.27. The van der Waals surface area contributed by atoms with Crippen LogP contribution in [-0.4, -0.2) is 45.4 Å². The van der Waals surface area contributed by atoms with Gasteiger partial charge in [0.05, 0.1) is 12.7 Å². The highest BCUT2D eigenvalue weighted by Gasteiger charge is 2.32. The van der Waals surface area contributed by atoms with Gasteiger partial charge >= 0.3 is 0 Å². The molecule has 11 heteroatoms. The smallest absolute Gasteiger partial charge is 0.193 e. The van der Waals surface area contributed by atoms with Gasteiger partial charge < -0.3 is 26.3 Å². The van der Waals surface area contributed by atoms with E-state index in [1.807, 2.05) is 0 Å². The number of nitrogens with two attached hydrogens (primary N) is 4. The summed E-state index contributed by atoms with van der Waals surface area (Å²) in [5, 5.41) is 13.1. The van der Waals surface area contributed by atoms with Crippen molar-refractivity contribution in [3.05, 3.63) is 0 Å². The van der Waals surface area contributed by atoms with Crippen LogP contribution in [0.25, 0.3) is 0 Å². The molecule has 1 aromatic rings. The van der Waals surface area contributed by atoms with Gasteiger partial charge in [-0.05, 0) is 25.7 Å². The first-order chi connectivity index (χ1) is 11.9. The molecule has 2 unspecified atom stereocenters. The van der Waals surface area contributed by atoms with Gasteiger partial charge in [-0.2, -0.15) is 0 Å². The molecule has 25 heavy (non-hydrogen) atoms. The monoisotopic (exact) mass is 372 g/mol. The van der Waals surface area contributed by atoms with Crippen LogP contribution in [0.1, 0.15) is 32.6 Å². The zero-order chi connectivity index (χ0) is 18.4. The van der Waals surface area contributed by atoms with Gasteiger partial charge in [-0.1, -0.05) is 18.7 Å². The van der Waals surface area contributed by atoms with E-state index >= 15 is 0 Å². The minimum Gasteiger partial charge on any atom is -0.390 e. The van der Waals surface area contributed by atoms with E-state index in [4.69, 9.17) is 32.9 Å². The van der Waals surface area contributed by atoms with Gasteiger partial charge in [-0.25, -0.2) is 9.97 Å². The van der Waals surface area contributed by atoms with Crippen LogP contribution in [0, 0.1) is 0 Å². The lowest BCUT2D eigenvalue weighted by atomic mass is 10.2. The maximum atomic E-state index is 9.11. The number of hydrogen-bond donors (Lipinski definition) is 7. The maximum absolute atomic E-state index is 9.11. The summed E-state index contributed by atoms with van der Waals surface area (Å²) in [6.07, 6.45) is 3.18. The van der Waals surface area contributed by atoms with Crippen LogP contribution in [0.3, 0.4) is 0 Å². The topological polar surface area (TPSA) is 183 Å². The molecule has 2 rings (SSSR count). The molecule has 1 aromatic heterocycles. The van der Waals surface area contributed by atoms with E-state index in [0.717, 1.165) is 25.0 Å². The molecule has 0 aliphatic heterocycles. The van der Waals surface area contributed by atoms with Crippen molar-refractivity contribution in [2.24, 2.45) is 17.3 Å². The van der Waals surface area contributed by atoms with E-state index in [0.29, 0.717) is 28.9 Å². The summed E-state index contributed by atoms with van der Waals surface area (Å²) in [5.41, 5.74) is 20.3. The molecule has 0 aromatic carbocycles. The van der Waals surface area contributed by atoms with Gasteiger partial charge in [0, 0.05) is 11.8 Å². The van der Waals surface area contributed by atoms with E-state index in [9.17, 15) is 0 Å². The van der Waals surface area contributed by atoms with Crippen LogP contribution in [0.5, 0.6) is 0 Å². The molecule has 1 fully saturated rings. The predicted molar refractivity (Wildman–Crippen MR) is 99.6 cm³/mol. The molecule has 1 aliphatic rings. The number of nitrogens with one attached hydrogen (secondary N) is 2. The largest absolute Gasteiger partial charge is 0.390 e. The third kappa shape index (κ3) is 5.56. The second kappa shape index (κ2) is 8.83. The van der Waals surface area contributed by atoms with Gasteiger partial charge in [0.15, 0.2) is 22.6 Å². The Morgan fingerprint density at radius 1 is 1.36 bits per heavy atom. The number of anilines is 3. The Labute approximate surface area is 151 Å². The fourth-order valence-electron chi connectivity index (χ4n) is 2.68. The summed E-state index contributed by atoms with van der Waals surface area (Å²) in [5.74, 6) is 5.81. The van der Waals surface area contributed by atoms with Crippen molar-refractivity contribution in [2.75, 3.05) is 28.8 Å². The zero-order valence-electron chi connectivity index (χ0n) is 14.4. The molecule has 10 nitrogen and oxygen atoms in total. The number of aliphatic hydroxyl groups is 1. The van der Waals surface area contributed by atoms with Crippen molar-refractivity contribution in [1.29, 1.82) is 0 Å². The van der Waals surface area contributed by atoms with Crippen molar-refractivity contribution < 1.29 is 9.84 Å². The molecular weight excluding hydrogens is 344 g/mol. The van der Waals surface area contributed by atoms with Gasteiger partial charge in [0.1, 0.15) is 5.69 Å². The first kappa shape index (κ1) is 19.9. The number of ether oxygens (including phenoxy) is 1. The van der Waals surface area contributed by atoms with Gasteiger partial charge in [-0.3, -0.25) is 17.3 Å². The molecule has 0 radical (unpaired) electrons. The molecule has 0 spiro atoms. The van der Waals surface area contributed by atoms with E-state index in [-0.39, 0.29) is 12.1 Å². The minimum atomic E-state index is -1.52. The maximum Gasteiger partial charge on any atom is 0.193 e. The molecule has 11 N–H and O–H groups in total. The van der Waals surface area contributed by atoms with Gasteiger partial charge in [0.2, 0.25) is 0 Å². The standard InChI is InChI=1S/C14H28N8O2S/c1-2-5-25-13-20-11(15)10(22-18)12(21-13)19-8-3-4-9(6-8)24-14(16,17)7-23/h8-9,22-23H,2-7,16-18H2,1H3,(H3,15,19,20,21). The molecule has 0 bridgehead atoms. The van der Waals surface area contributed by atoms with Crippen molar-refractivity contribution >= 4 is 29.1 Å². The Kier molecular flexibility index (Phi) is 7.04. The molecule has 0 saturated heterocycles. The number of hydrogen-bond acceptors (Lipinski definition) is 11. The summed E-state index contributed by atoms with van der Waals surface area (Å²) in [6.45, 7) is 1.65. The second-order valence-corrected chi connectivity index (χ2v) is 7.18. The molecule has 2 atom stereocenters. The van der Waals surface area contributed by atoms with E-state index in [2.05, 4.69) is 27.6 Å². The Morgan fingerprint density at radius 3 is 2.76 bits per heavy atom. The summed E-state index contributed by atoms with van der Waals surface area (Å²) in [4.78, 5) is 8.76. The van der Waals surface area contributed by atoms with E-state index in [1.54, 1.807) is 11.8 Å². The predicted octanol–water partition coefficient (Wildman–Crippen LogP) is -0.240. The minimum absolute atomic E-state index is 0.102. The van der Waals surface area contributed by atoms with E-state index in [1.165, 1.54) is 0 Å². The Morgan fingerprint density at radius 2 is 2.12 bits per heavy atom. The number of aromatic nitrogens is 2. The highest BCUT2D eigenvalue weighted by molar-refractivity contribution is 7.99. The summed E-state index contributed by atoms with van der Waals surface area (Å²) in [7, 11) is 0. The van der Waals surface area contributed by atoms with Crippen molar-refractivity contribution in [1.82, 2.24) is 9.97 Å². The third-order valence-electron chi connectivity index (χ3n) is 3.85. The highest BCUT2D eigenvalue weighted by Crippen LogP contribution is 2.32. The zero-order valence-corrected chi connectivity index (χ0v) is 15.2. The Bertz CT molecular complexity index is 574. The quantitative estimate of drug-likeness (QED) is 0.0997. The highest BCUT2D eigenvalue weighted by atomic mass is 32.2. The molecule has 0 amide bonds. The number of nitrogens with zero attached hydrogens (tertiary/aromatic N) is 2. The number of aliphatic hydroxyl groups excluding tert-OH is 1. The molecule has 1 aliphatic carbocycles. The average molecular weight is 372 g/mol. The lowest BCUT2D eigenvalue weighted by Gasteiger charge is -2.26. The van der Waals surface area contributed by atoms with Crippen LogP contribution in [0.2, 0.25) is 0 Å². The molecule has 1 saturated carbocycles. The van der Waals surface area contributed by atoms with Gasteiger partial charge in [-0.15, -0.1) is 0 Å². The lowest BCUT2D eigenvalue weighted by Crippen LogP contribution is -2.56. The number of nitrogen functional groups attached to an aromatic ring is 2. The Balaban J connectivity index is 2.05. The Hall–Kier alpha value is -1.37. The van der Waals surface area contributed by atoms with Crippen LogP contribution >= 0.6 is 11.8 Å². The van der Waals surface area contributed by atoms with E-state index < -0.39 is 12.5 Å². The normalized spacial score (nSPS) is 20.7. The lowest BCUT2D eigenvalue weighted by molar-refractivity contribution is -0.110. The number of thioether (sulfide) groups is 1. The van der Waals surface area contributed by atoms with Crippen molar-refractivity contribution in [3.8, 4) is 0 Å². The summed E-state index contributed by atoms with van der Waals surface area (Å²) < 4.78 is 5.54. The van der Waals surface area contributed by atoms with Crippen LogP contribution in [-0.2, 0) is 4.74 Å². The summed E-state index contributed by atoms with van der Waals surface area (Å²) >= 11 is 1.54. The number of hydrazine groups is 1. The third-order valence-corrected chi connectivity index (χ3v) is 4.91. The molecule has 1 heterocycles. The number of rotatable bonds is 9. The van der Waals surface area contributed by atoms with Crippen LogP contribution < -0.4 is 33.8 Å². The van der Waals surface area contributed by atoms with Gasteiger partial charge in [0.25, 0.3) is 0 Å². The molecule has 142 valence electrons. The fraction of sp³-hybridized carbons (Fsp3) is 0.714. The average Bonchev–Trinajstić information content (AvgIpc) is 2.99.